The molecule has 0 fully saturated rings. The third-order valence-electron chi connectivity index (χ3n) is 2.20. The van der Waals surface area contributed by atoms with Gasteiger partial charge >= 0.3 is 11.9 Å². The molecule has 102 valence electrons. The van der Waals surface area contributed by atoms with Crippen molar-refractivity contribution in [1.82, 2.24) is 10.3 Å². The van der Waals surface area contributed by atoms with Gasteiger partial charge in [0.1, 0.15) is 11.7 Å². The molecule has 1 aromatic heterocycles. The van der Waals surface area contributed by atoms with Gasteiger partial charge in [-0.3, -0.25) is 14.6 Å². The summed E-state index contributed by atoms with van der Waals surface area (Å²) in [5.74, 6) is -3.17. The van der Waals surface area contributed by atoms with Crippen LogP contribution in [0.15, 0.2) is 18.3 Å². The summed E-state index contributed by atoms with van der Waals surface area (Å²) < 4.78 is 0. The highest BCUT2D eigenvalue weighted by atomic mass is 35.5. The molecule has 1 unspecified atom stereocenters. The van der Waals surface area contributed by atoms with Crippen molar-refractivity contribution >= 4 is 29.4 Å². The van der Waals surface area contributed by atoms with Gasteiger partial charge in [-0.2, -0.15) is 0 Å². The minimum absolute atomic E-state index is 0.0333. The molecule has 1 rings (SSSR count). The lowest BCUT2D eigenvalue weighted by molar-refractivity contribution is -0.140. The Hall–Kier alpha value is -2.15. The van der Waals surface area contributed by atoms with E-state index in [2.05, 4.69) is 10.3 Å². The zero-order valence-electron chi connectivity index (χ0n) is 9.67. The van der Waals surface area contributed by atoms with Crippen LogP contribution in [0.1, 0.15) is 23.3 Å². The summed E-state index contributed by atoms with van der Waals surface area (Å²) >= 11 is 5.68. The van der Waals surface area contributed by atoms with Crippen molar-refractivity contribution in [3.8, 4) is 0 Å². The number of halogens is 1. The molecular formula is C11H11ClN2O5. The Bertz CT molecular complexity index is 506. The minimum Gasteiger partial charge on any atom is -0.481 e. The van der Waals surface area contributed by atoms with Crippen molar-refractivity contribution in [2.24, 2.45) is 0 Å². The van der Waals surface area contributed by atoms with Crippen LogP contribution < -0.4 is 5.32 Å². The van der Waals surface area contributed by atoms with E-state index in [4.69, 9.17) is 21.8 Å². The van der Waals surface area contributed by atoms with Crippen molar-refractivity contribution in [2.75, 3.05) is 0 Å². The van der Waals surface area contributed by atoms with Crippen LogP contribution in [0.25, 0.3) is 0 Å². The number of aromatic nitrogens is 1. The fraction of sp³-hybridized carbons (Fsp3) is 0.273. The van der Waals surface area contributed by atoms with E-state index in [0.29, 0.717) is 0 Å². The number of carboxylic acids is 2. The number of carbonyl (C=O) groups is 3. The molecule has 3 N–H and O–H groups in total. The van der Waals surface area contributed by atoms with Gasteiger partial charge in [0.05, 0.1) is 0 Å². The average Bonchev–Trinajstić information content (AvgIpc) is 2.33. The molecule has 0 aliphatic carbocycles. The topological polar surface area (TPSA) is 117 Å². The summed E-state index contributed by atoms with van der Waals surface area (Å²) in [6, 6.07) is 1.47. The normalized spacial score (nSPS) is 11.6. The first-order valence-corrected chi connectivity index (χ1v) is 5.65. The first-order valence-electron chi connectivity index (χ1n) is 5.27. The standard InChI is InChI=1S/C11H11ClN2O5/c12-6-3-4-13-8(5-6)10(17)14-7(11(18)19)1-2-9(15)16/h3-5,7H,1-2H2,(H,14,17)(H,15,16)(H,18,19). The molecule has 0 aromatic carbocycles. The van der Waals surface area contributed by atoms with Gasteiger partial charge in [0.2, 0.25) is 0 Å². The molecule has 0 aliphatic heterocycles. The predicted octanol–water partition coefficient (Wildman–Crippen LogP) is 0.783. The highest BCUT2D eigenvalue weighted by molar-refractivity contribution is 6.30. The van der Waals surface area contributed by atoms with E-state index in [0.717, 1.165) is 0 Å². The van der Waals surface area contributed by atoms with Gasteiger partial charge in [-0.05, 0) is 18.6 Å². The van der Waals surface area contributed by atoms with Crippen LogP contribution in [0.3, 0.4) is 0 Å². The molecule has 19 heavy (non-hydrogen) atoms. The Labute approximate surface area is 113 Å². The van der Waals surface area contributed by atoms with Crippen molar-refractivity contribution in [2.45, 2.75) is 18.9 Å². The second kappa shape index (κ2) is 6.69. The van der Waals surface area contributed by atoms with Crippen LogP contribution in [-0.2, 0) is 9.59 Å². The Morgan fingerprint density at radius 1 is 1.37 bits per heavy atom. The van der Waals surface area contributed by atoms with Crippen molar-refractivity contribution < 1.29 is 24.6 Å². The molecule has 0 saturated carbocycles. The number of nitrogens with zero attached hydrogens (tertiary/aromatic N) is 1. The monoisotopic (exact) mass is 286 g/mol. The van der Waals surface area contributed by atoms with Crippen molar-refractivity contribution in [3.05, 3.63) is 29.0 Å². The molecule has 0 aliphatic rings. The van der Waals surface area contributed by atoms with Crippen molar-refractivity contribution in [3.63, 3.8) is 0 Å². The summed E-state index contributed by atoms with van der Waals surface area (Å²) in [5.41, 5.74) is -0.0333. The van der Waals surface area contributed by atoms with Crippen LogP contribution in [0, 0.1) is 0 Å². The molecule has 1 atom stereocenters. The van der Waals surface area contributed by atoms with Crippen LogP contribution in [0.4, 0.5) is 0 Å². The Kier molecular flexibility index (Phi) is 5.25. The Morgan fingerprint density at radius 3 is 2.58 bits per heavy atom. The van der Waals surface area contributed by atoms with Gasteiger partial charge in [-0.1, -0.05) is 11.6 Å². The number of rotatable bonds is 6. The minimum atomic E-state index is -1.31. The second-order valence-corrected chi connectivity index (χ2v) is 4.09. The number of aliphatic carboxylic acids is 2. The molecule has 1 heterocycles. The van der Waals surface area contributed by atoms with Crippen molar-refractivity contribution in [1.29, 1.82) is 0 Å². The maximum atomic E-state index is 11.7. The maximum absolute atomic E-state index is 11.7. The van der Waals surface area contributed by atoms with Crippen LogP contribution in [0.5, 0.6) is 0 Å². The predicted molar refractivity (Wildman–Crippen MR) is 65.0 cm³/mol. The van der Waals surface area contributed by atoms with Gasteiger partial charge in [-0.25, -0.2) is 4.79 Å². The smallest absolute Gasteiger partial charge is 0.326 e. The van der Waals surface area contributed by atoms with Gasteiger partial charge in [-0.15, -0.1) is 0 Å². The SMILES string of the molecule is O=C(O)CCC(NC(=O)c1cc(Cl)ccn1)C(=O)O. The van der Waals surface area contributed by atoms with Gasteiger partial charge < -0.3 is 15.5 Å². The van der Waals surface area contributed by atoms with E-state index in [1.54, 1.807) is 0 Å². The zero-order chi connectivity index (χ0) is 14.4. The third kappa shape index (κ3) is 4.92. The molecule has 0 radical (unpaired) electrons. The summed E-state index contributed by atoms with van der Waals surface area (Å²) in [6.07, 6.45) is 0.738. The molecular weight excluding hydrogens is 276 g/mol. The van der Waals surface area contributed by atoms with E-state index in [9.17, 15) is 14.4 Å². The zero-order valence-corrected chi connectivity index (χ0v) is 10.4. The van der Waals surface area contributed by atoms with Crippen LogP contribution in [-0.4, -0.2) is 39.1 Å². The molecule has 0 saturated heterocycles. The highest BCUT2D eigenvalue weighted by Gasteiger charge is 2.22. The molecule has 1 aromatic rings. The molecule has 8 heteroatoms. The first kappa shape index (κ1) is 14.9. The Morgan fingerprint density at radius 2 is 2.05 bits per heavy atom. The number of pyridine rings is 1. The largest absolute Gasteiger partial charge is 0.481 e. The maximum Gasteiger partial charge on any atom is 0.326 e. The summed E-state index contributed by atoms with van der Waals surface area (Å²) in [6.45, 7) is 0. The van der Waals surface area contributed by atoms with Gasteiger partial charge in [0.15, 0.2) is 0 Å². The average molecular weight is 287 g/mol. The van der Waals surface area contributed by atoms with Gasteiger partial charge in [0.25, 0.3) is 5.91 Å². The lowest BCUT2D eigenvalue weighted by Gasteiger charge is -2.13. The van der Waals surface area contributed by atoms with Crippen LogP contribution >= 0.6 is 11.6 Å². The molecule has 1 amide bonds. The van der Waals surface area contributed by atoms with E-state index in [-0.39, 0.29) is 23.6 Å². The number of nitrogens with one attached hydrogen (secondary N) is 1. The highest BCUT2D eigenvalue weighted by Crippen LogP contribution is 2.08. The lowest BCUT2D eigenvalue weighted by Crippen LogP contribution is -2.41. The summed E-state index contributed by atoms with van der Waals surface area (Å²) in [4.78, 5) is 36.7. The summed E-state index contributed by atoms with van der Waals surface area (Å²) in [5, 5.41) is 19.9. The number of carbonyl (C=O) groups excluding carboxylic acids is 1. The van der Waals surface area contributed by atoms with E-state index in [1.165, 1.54) is 18.3 Å². The molecule has 0 spiro atoms. The van der Waals surface area contributed by atoms with Gasteiger partial charge in [0, 0.05) is 17.6 Å². The third-order valence-corrected chi connectivity index (χ3v) is 2.44. The fourth-order valence-electron chi connectivity index (χ4n) is 1.29. The number of hydrogen-bond acceptors (Lipinski definition) is 4. The fourth-order valence-corrected chi connectivity index (χ4v) is 1.45. The number of amides is 1. The van der Waals surface area contributed by atoms with E-state index in [1.807, 2.05) is 0 Å². The summed E-state index contributed by atoms with van der Waals surface area (Å²) in [7, 11) is 0. The Balaban J connectivity index is 2.71. The van der Waals surface area contributed by atoms with Crippen LogP contribution in [0.2, 0.25) is 5.02 Å². The second-order valence-electron chi connectivity index (χ2n) is 3.66. The lowest BCUT2D eigenvalue weighted by atomic mass is 10.1. The number of carboxylic acid groups (broad SMARTS) is 2. The molecule has 0 bridgehead atoms. The number of hydrogen-bond donors (Lipinski definition) is 3. The quantitative estimate of drug-likeness (QED) is 0.711. The van der Waals surface area contributed by atoms with E-state index < -0.39 is 23.9 Å². The van der Waals surface area contributed by atoms with E-state index >= 15 is 0 Å². The molecule has 7 nitrogen and oxygen atoms in total. The first-order chi connectivity index (χ1) is 8.90.